The minimum atomic E-state index is 0. The van der Waals surface area contributed by atoms with E-state index in [0.29, 0.717) is 23.5 Å². The van der Waals surface area contributed by atoms with Crippen molar-refractivity contribution < 1.29 is 9.53 Å². The lowest BCUT2D eigenvalue weighted by molar-refractivity contribution is -0.136. The summed E-state index contributed by atoms with van der Waals surface area (Å²) in [5.74, 6) is 1.97. The van der Waals surface area contributed by atoms with Gasteiger partial charge in [-0.15, -0.1) is 24.0 Å². The van der Waals surface area contributed by atoms with Crippen LogP contribution in [0.3, 0.4) is 0 Å². The Labute approximate surface area is 196 Å². The molecule has 1 saturated heterocycles. The predicted octanol–water partition coefficient (Wildman–Crippen LogP) is 4.06. The Morgan fingerprint density at radius 1 is 1.31 bits per heavy atom. The number of methoxy groups -OCH3 is 1. The van der Waals surface area contributed by atoms with E-state index in [1.807, 2.05) is 17.0 Å². The molecule has 1 fully saturated rings. The second-order valence-electron chi connectivity index (χ2n) is 7.14. The third-order valence-corrected chi connectivity index (χ3v) is 5.64. The third kappa shape index (κ3) is 7.51. The van der Waals surface area contributed by atoms with E-state index < -0.39 is 0 Å². The lowest BCUT2D eigenvalue weighted by atomic mass is 9.98. The molecule has 2 N–H and O–H groups in total. The van der Waals surface area contributed by atoms with Crippen molar-refractivity contribution in [3.63, 3.8) is 0 Å². The Bertz CT molecular complexity index is 675. The van der Waals surface area contributed by atoms with E-state index in [1.165, 1.54) is 0 Å². The maximum atomic E-state index is 12.5. The van der Waals surface area contributed by atoms with Gasteiger partial charge in [-0.2, -0.15) is 0 Å². The van der Waals surface area contributed by atoms with Crippen molar-refractivity contribution in [1.82, 2.24) is 15.5 Å². The van der Waals surface area contributed by atoms with Crippen LogP contribution in [-0.2, 0) is 11.3 Å². The molecular weight excluding hydrogens is 503 g/mol. The van der Waals surface area contributed by atoms with Crippen LogP contribution in [-0.4, -0.2) is 50.1 Å². The minimum Gasteiger partial charge on any atom is -0.496 e. The Balaban J connectivity index is 0.00000420. The van der Waals surface area contributed by atoms with Crippen molar-refractivity contribution in [2.75, 3.05) is 27.2 Å². The number of benzene rings is 1. The number of nitrogens with zero attached hydrogens (tertiary/aromatic N) is 2. The quantitative estimate of drug-likeness (QED) is 0.313. The molecule has 0 radical (unpaired) electrons. The fourth-order valence-corrected chi connectivity index (χ4v) is 3.73. The molecule has 1 aromatic rings. The molecule has 164 valence electrons. The van der Waals surface area contributed by atoms with Gasteiger partial charge in [0.15, 0.2) is 5.96 Å². The number of rotatable bonds is 7. The van der Waals surface area contributed by atoms with Gasteiger partial charge in [0, 0.05) is 49.2 Å². The number of amides is 1. The first-order chi connectivity index (χ1) is 13.5. The molecule has 0 saturated carbocycles. The van der Waals surface area contributed by atoms with Gasteiger partial charge in [-0.1, -0.05) is 31.5 Å². The average molecular weight is 537 g/mol. The summed E-state index contributed by atoms with van der Waals surface area (Å²) in [5.41, 5.74) is 1.01. The number of guanidine groups is 1. The first-order valence-electron chi connectivity index (χ1n) is 10.1. The van der Waals surface area contributed by atoms with E-state index in [2.05, 4.69) is 29.5 Å². The molecule has 8 heteroatoms. The van der Waals surface area contributed by atoms with Crippen LogP contribution in [0.2, 0.25) is 5.02 Å². The molecule has 29 heavy (non-hydrogen) atoms. The zero-order valence-electron chi connectivity index (χ0n) is 17.8. The number of likely N-dealkylation sites (tertiary alicyclic amines) is 1. The van der Waals surface area contributed by atoms with Crippen LogP contribution in [0, 0.1) is 5.92 Å². The van der Waals surface area contributed by atoms with Crippen LogP contribution in [0.5, 0.6) is 5.75 Å². The number of hydrogen-bond acceptors (Lipinski definition) is 3. The molecule has 1 heterocycles. The van der Waals surface area contributed by atoms with E-state index in [0.717, 1.165) is 56.0 Å². The smallest absolute Gasteiger partial charge is 0.225 e. The highest BCUT2D eigenvalue weighted by Gasteiger charge is 2.26. The molecule has 0 aromatic heterocycles. The van der Waals surface area contributed by atoms with Crippen LogP contribution >= 0.6 is 35.6 Å². The zero-order chi connectivity index (χ0) is 20.5. The van der Waals surface area contributed by atoms with Gasteiger partial charge in [0.05, 0.1) is 7.11 Å². The Kier molecular flexibility index (Phi) is 11.7. The minimum absolute atomic E-state index is 0. The van der Waals surface area contributed by atoms with Crippen molar-refractivity contribution in [2.24, 2.45) is 10.9 Å². The van der Waals surface area contributed by atoms with Crippen molar-refractivity contribution in [3.05, 3.63) is 28.8 Å². The first-order valence-corrected chi connectivity index (χ1v) is 10.5. The maximum absolute atomic E-state index is 12.5. The highest BCUT2D eigenvalue weighted by Crippen LogP contribution is 2.23. The molecule has 0 unspecified atom stereocenters. The van der Waals surface area contributed by atoms with Crippen molar-refractivity contribution >= 4 is 47.4 Å². The summed E-state index contributed by atoms with van der Waals surface area (Å²) < 4.78 is 5.39. The summed E-state index contributed by atoms with van der Waals surface area (Å²) in [6.45, 7) is 6.37. The topological polar surface area (TPSA) is 66.0 Å². The number of halogens is 2. The molecule has 0 aliphatic carbocycles. The molecule has 6 nitrogen and oxygen atoms in total. The van der Waals surface area contributed by atoms with E-state index in [1.54, 1.807) is 20.2 Å². The maximum Gasteiger partial charge on any atom is 0.225 e. The summed E-state index contributed by atoms with van der Waals surface area (Å²) in [6, 6.07) is 5.92. The molecule has 0 atom stereocenters. The lowest BCUT2D eigenvalue weighted by Gasteiger charge is -2.34. The number of carbonyl (C=O) groups excluding carboxylic acids is 1. The fourth-order valence-electron chi connectivity index (χ4n) is 3.57. The number of ether oxygens (including phenoxy) is 1. The van der Waals surface area contributed by atoms with Crippen molar-refractivity contribution in [1.29, 1.82) is 0 Å². The van der Waals surface area contributed by atoms with Gasteiger partial charge in [-0.3, -0.25) is 9.79 Å². The SMILES string of the molecule is CCC(CC)C(=O)N1CCC(NC(=NC)NCc2ccc(Cl)cc2OC)CC1.I. The molecular formula is C21H34ClIN4O2. The van der Waals surface area contributed by atoms with Crippen LogP contribution in [0.15, 0.2) is 23.2 Å². The number of piperidine rings is 1. The summed E-state index contributed by atoms with van der Waals surface area (Å²) in [6.07, 6.45) is 3.68. The normalized spacial score (nSPS) is 15.1. The Morgan fingerprint density at radius 2 is 1.97 bits per heavy atom. The largest absolute Gasteiger partial charge is 0.496 e. The number of carbonyl (C=O) groups is 1. The summed E-state index contributed by atoms with van der Waals surface area (Å²) in [5, 5.41) is 7.46. The van der Waals surface area contributed by atoms with Crippen LogP contribution in [0.4, 0.5) is 0 Å². The lowest BCUT2D eigenvalue weighted by Crippen LogP contribution is -2.50. The number of hydrogen-bond donors (Lipinski definition) is 2. The fraction of sp³-hybridized carbons (Fsp3) is 0.619. The summed E-state index contributed by atoms with van der Waals surface area (Å²) >= 11 is 6.02. The molecule has 0 bridgehead atoms. The van der Waals surface area contributed by atoms with Gasteiger partial charge < -0.3 is 20.3 Å². The van der Waals surface area contributed by atoms with E-state index in [-0.39, 0.29) is 29.9 Å². The summed E-state index contributed by atoms with van der Waals surface area (Å²) in [4.78, 5) is 18.9. The van der Waals surface area contributed by atoms with E-state index >= 15 is 0 Å². The Hall–Kier alpha value is -1.22. The molecule has 1 aliphatic heterocycles. The molecule has 1 amide bonds. The van der Waals surface area contributed by atoms with Gasteiger partial charge in [-0.05, 0) is 37.8 Å². The van der Waals surface area contributed by atoms with Gasteiger partial charge >= 0.3 is 0 Å². The third-order valence-electron chi connectivity index (χ3n) is 5.40. The highest BCUT2D eigenvalue weighted by molar-refractivity contribution is 14.0. The summed E-state index contributed by atoms with van der Waals surface area (Å²) in [7, 11) is 3.40. The molecule has 1 aliphatic rings. The van der Waals surface area contributed by atoms with E-state index in [4.69, 9.17) is 16.3 Å². The van der Waals surface area contributed by atoms with E-state index in [9.17, 15) is 4.79 Å². The van der Waals surface area contributed by atoms with Crippen LogP contribution in [0.1, 0.15) is 45.1 Å². The number of aliphatic imine (C=N–C) groups is 1. The van der Waals surface area contributed by atoms with Crippen LogP contribution < -0.4 is 15.4 Å². The standard InChI is InChI=1S/C21H33ClN4O2.HI/c1-5-15(6-2)20(27)26-11-9-18(10-12-26)25-21(23-3)24-14-16-7-8-17(22)13-19(16)28-4;/h7-8,13,15,18H,5-6,9-12,14H2,1-4H3,(H2,23,24,25);1H. The van der Waals surface area contributed by atoms with Gasteiger partial charge in [0.2, 0.25) is 5.91 Å². The first kappa shape index (κ1) is 25.8. The van der Waals surface area contributed by atoms with Crippen molar-refractivity contribution in [2.45, 2.75) is 52.1 Å². The zero-order valence-corrected chi connectivity index (χ0v) is 20.9. The van der Waals surface area contributed by atoms with Crippen LogP contribution in [0.25, 0.3) is 0 Å². The highest BCUT2D eigenvalue weighted by atomic mass is 127. The second-order valence-corrected chi connectivity index (χ2v) is 7.58. The average Bonchev–Trinajstić information content (AvgIpc) is 2.72. The molecule has 2 rings (SSSR count). The number of nitrogens with one attached hydrogen (secondary N) is 2. The molecule has 0 spiro atoms. The second kappa shape index (κ2) is 13.2. The van der Waals surface area contributed by atoms with Crippen molar-refractivity contribution in [3.8, 4) is 5.75 Å². The molecule has 1 aromatic carbocycles. The Morgan fingerprint density at radius 3 is 2.52 bits per heavy atom. The monoisotopic (exact) mass is 536 g/mol. The van der Waals surface area contributed by atoms with Gasteiger partial charge in [-0.25, -0.2) is 0 Å². The van der Waals surface area contributed by atoms with Gasteiger partial charge in [0.25, 0.3) is 0 Å². The van der Waals surface area contributed by atoms with Gasteiger partial charge in [0.1, 0.15) is 5.75 Å². The predicted molar refractivity (Wildman–Crippen MR) is 130 cm³/mol.